The Balaban J connectivity index is 1.99. The number of aliphatic imine (C=N–C) groups is 1. The summed E-state index contributed by atoms with van der Waals surface area (Å²) in [5.41, 5.74) is 2.42. The van der Waals surface area contributed by atoms with Gasteiger partial charge in [-0.2, -0.15) is 0 Å². The molecule has 0 saturated carbocycles. The number of aryl methyl sites for hydroxylation is 3. The van der Waals surface area contributed by atoms with Gasteiger partial charge in [0.25, 0.3) is 0 Å². The van der Waals surface area contributed by atoms with Crippen molar-refractivity contribution in [2.75, 3.05) is 6.54 Å². The molecule has 4 nitrogen and oxygen atoms in total. The summed E-state index contributed by atoms with van der Waals surface area (Å²) in [4.78, 5) is 11.7. The first-order valence-electron chi connectivity index (χ1n) is 7.08. The monoisotopic (exact) mass is 322 g/mol. The van der Waals surface area contributed by atoms with Gasteiger partial charge < -0.3 is 10.6 Å². The van der Waals surface area contributed by atoms with Crippen molar-refractivity contribution in [2.45, 2.75) is 40.8 Å². The van der Waals surface area contributed by atoms with E-state index in [9.17, 15) is 0 Å². The molecular weight excluding hydrogens is 300 g/mol. The topological polar surface area (TPSA) is 49.3 Å². The van der Waals surface area contributed by atoms with Gasteiger partial charge in [0.15, 0.2) is 5.96 Å². The van der Waals surface area contributed by atoms with Gasteiger partial charge in [0.2, 0.25) is 0 Å². The molecule has 0 fully saturated rings. The van der Waals surface area contributed by atoms with E-state index in [1.54, 1.807) is 22.7 Å². The first kappa shape index (κ1) is 16.0. The number of guanidine groups is 1. The van der Waals surface area contributed by atoms with Crippen LogP contribution in [0, 0.1) is 20.8 Å². The van der Waals surface area contributed by atoms with Crippen molar-refractivity contribution < 1.29 is 0 Å². The van der Waals surface area contributed by atoms with Crippen molar-refractivity contribution in [3.63, 3.8) is 0 Å². The Bertz CT molecular complexity index is 613. The molecule has 2 aromatic rings. The highest BCUT2D eigenvalue weighted by Gasteiger charge is 2.05. The number of aromatic nitrogens is 1. The van der Waals surface area contributed by atoms with E-state index >= 15 is 0 Å². The van der Waals surface area contributed by atoms with Crippen LogP contribution in [0.3, 0.4) is 0 Å². The molecule has 0 bridgehead atoms. The number of thiophene rings is 1. The number of hydrogen-bond donors (Lipinski definition) is 2. The molecule has 114 valence electrons. The average molecular weight is 323 g/mol. The molecular formula is C15H22N4S2. The quantitative estimate of drug-likeness (QED) is 0.655. The number of nitrogens with zero attached hydrogens (tertiary/aromatic N) is 2. The molecule has 0 saturated heterocycles. The van der Waals surface area contributed by atoms with Crippen LogP contribution >= 0.6 is 22.7 Å². The van der Waals surface area contributed by atoms with Gasteiger partial charge in [-0.05, 0) is 44.7 Å². The molecule has 0 aromatic carbocycles. The highest BCUT2D eigenvalue weighted by Crippen LogP contribution is 2.18. The molecule has 0 spiro atoms. The fourth-order valence-corrected chi connectivity index (χ4v) is 3.67. The molecule has 0 unspecified atom stereocenters. The Morgan fingerprint density at radius 1 is 1.24 bits per heavy atom. The van der Waals surface area contributed by atoms with Crippen LogP contribution in [0.15, 0.2) is 16.4 Å². The number of nitrogens with one attached hydrogen (secondary N) is 2. The summed E-state index contributed by atoms with van der Waals surface area (Å²) in [6.07, 6.45) is 0. The van der Waals surface area contributed by atoms with Gasteiger partial charge in [0, 0.05) is 16.3 Å². The first-order chi connectivity index (χ1) is 10.1. The van der Waals surface area contributed by atoms with E-state index in [1.807, 2.05) is 13.8 Å². The predicted molar refractivity (Wildman–Crippen MR) is 92.3 cm³/mol. The van der Waals surface area contributed by atoms with Crippen molar-refractivity contribution >= 4 is 28.6 Å². The van der Waals surface area contributed by atoms with E-state index in [4.69, 9.17) is 0 Å². The Hall–Kier alpha value is -1.40. The van der Waals surface area contributed by atoms with Crippen LogP contribution in [0.25, 0.3) is 0 Å². The summed E-state index contributed by atoms with van der Waals surface area (Å²) in [6, 6.07) is 2.15. The lowest BCUT2D eigenvalue weighted by atomic mass is 10.3. The summed E-state index contributed by atoms with van der Waals surface area (Å²) in [7, 11) is 0. The van der Waals surface area contributed by atoms with Gasteiger partial charge in [-0.3, -0.25) is 0 Å². The van der Waals surface area contributed by atoms with Gasteiger partial charge in [-0.15, -0.1) is 22.7 Å². The molecule has 2 rings (SSSR count). The van der Waals surface area contributed by atoms with Gasteiger partial charge >= 0.3 is 0 Å². The second-order valence-corrected chi connectivity index (χ2v) is 7.11. The molecule has 0 atom stereocenters. The SMILES string of the molecule is CCNC(=NCc1sc(C)nc1C)NCc1sccc1C. The lowest BCUT2D eigenvalue weighted by Crippen LogP contribution is -2.36. The van der Waals surface area contributed by atoms with Crippen LogP contribution in [-0.4, -0.2) is 17.5 Å². The maximum Gasteiger partial charge on any atom is 0.191 e. The molecule has 0 aliphatic carbocycles. The zero-order valence-electron chi connectivity index (χ0n) is 13.0. The van der Waals surface area contributed by atoms with Gasteiger partial charge in [0.1, 0.15) is 0 Å². The minimum atomic E-state index is 0.677. The van der Waals surface area contributed by atoms with Crippen LogP contribution < -0.4 is 10.6 Å². The van der Waals surface area contributed by atoms with E-state index in [0.717, 1.165) is 29.8 Å². The highest BCUT2D eigenvalue weighted by atomic mass is 32.1. The predicted octanol–water partition coefficient (Wildman–Crippen LogP) is 3.39. The molecule has 0 amide bonds. The maximum atomic E-state index is 4.66. The number of rotatable bonds is 5. The van der Waals surface area contributed by atoms with E-state index in [0.29, 0.717) is 6.54 Å². The molecule has 21 heavy (non-hydrogen) atoms. The van der Waals surface area contributed by atoms with Crippen molar-refractivity contribution in [1.29, 1.82) is 0 Å². The lowest BCUT2D eigenvalue weighted by Gasteiger charge is -2.10. The Kier molecular flexibility index (Phi) is 5.76. The van der Waals surface area contributed by atoms with E-state index < -0.39 is 0 Å². The molecule has 6 heteroatoms. The molecule has 2 heterocycles. The van der Waals surface area contributed by atoms with Crippen molar-refractivity contribution in [1.82, 2.24) is 15.6 Å². The summed E-state index contributed by atoms with van der Waals surface area (Å²) in [5, 5.41) is 9.91. The second-order valence-electron chi connectivity index (χ2n) is 4.82. The molecule has 2 aromatic heterocycles. The third kappa shape index (κ3) is 4.54. The maximum absolute atomic E-state index is 4.66. The molecule has 0 radical (unpaired) electrons. The minimum Gasteiger partial charge on any atom is -0.357 e. The zero-order chi connectivity index (χ0) is 15.2. The lowest BCUT2D eigenvalue weighted by molar-refractivity contribution is 0.821. The van der Waals surface area contributed by atoms with E-state index in [1.165, 1.54) is 15.3 Å². The van der Waals surface area contributed by atoms with Crippen LogP contribution in [0.1, 0.15) is 32.9 Å². The Morgan fingerprint density at radius 3 is 2.62 bits per heavy atom. The zero-order valence-corrected chi connectivity index (χ0v) is 14.6. The summed E-state index contributed by atoms with van der Waals surface area (Å²) in [5.74, 6) is 0.857. The Morgan fingerprint density at radius 2 is 2.05 bits per heavy atom. The highest BCUT2D eigenvalue weighted by molar-refractivity contribution is 7.11. The fourth-order valence-electron chi connectivity index (χ4n) is 1.96. The van der Waals surface area contributed by atoms with Gasteiger partial charge in [-0.25, -0.2) is 9.98 Å². The molecule has 0 aliphatic heterocycles. The van der Waals surface area contributed by atoms with Crippen molar-refractivity contribution in [2.24, 2.45) is 4.99 Å². The second kappa shape index (κ2) is 7.56. The van der Waals surface area contributed by atoms with E-state index in [-0.39, 0.29) is 0 Å². The Labute approximate surface area is 134 Å². The standard InChI is InChI=1S/C15H22N4S2/c1-5-16-15(17-8-13-10(2)6-7-20-13)18-9-14-11(3)19-12(4)21-14/h6-7H,5,8-9H2,1-4H3,(H2,16,17,18). The summed E-state index contributed by atoms with van der Waals surface area (Å²) < 4.78 is 0. The third-order valence-corrected chi connectivity index (χ3v) is 5.19. The van der Waals surface area contributed by atoms with Crippen LogP contribution in [0.5, 0.6) is 0 Å². The minimum absolute atomic E-state index is 0.677. The molecule has 0 aliphatic rings. The van der Waals surface area contributed by atoms with Crippen molar-refractivity contribution in [3.05, 3.63) is 37.5 Å². The van der Waals surface area contributed by atoms with Gasteiger partial charge in [-0.1, -0.05) is 0 Å². The molecule has 2 N–H and O–H groups in total. The third-order valence-electron chi connectivity index (χ3n) is 3.11. The van der Waals surface area contributed by atoms with Crippen molar-refractivity contribution in [3.8, 4) is 0 Å². The number of hydrogen-bond acceptors (Lipinski definition) is 4. The summed E-state index contributed by atoms with van der Waals surface area (Å²) >= 11 is 3.50. The van der Waals surface area contributed by atoms with E-state index in [2.05, 4.69) is 45.9 Å². The van der Waals surface area contributed by atoms with Crippen LogP contribution in [0.4, 0.5) is 0 Å². The van der Waals surface area contributed by atoms with Gasteiger partial charge in [0.05, 0.1) is 23.8 Å². The normalized spacial score (nSPS) is 11.7. The largest absolute Gasteiger partial charge is 0.357 e. The smallest absolute Gasteiger partial charge is 0.191 e. The number of thiazole rings is 1. The average Bonchev–Trinajstić information content (AvgIpc) is 2.99. The van der Waals surface area contributed by atoms with Crippen LogP contribution in [-0.2, 0) is 13.1 Å². The summed E-state index contributed by atoms with van der Waals surface area (Å²) in [6.45, 7) is 10.6. The fraction of sp³-hybridized carbons (Fsp3) is 0.467. The van der Waals surface area contributed by atoms with Crippen LogP contribution in [0.2, 0.25) is 0 Å². The first-order valence-corrected chi connectivity index (χ1v) is 8.77.